The van der Waals surface area contributed by atoms with Crippen LogP contribution in [-0.4, -0.2) is 46.2 Å². The van der Waals surface area contributed by atoms with Gasteiger partial charge in [-0.3, -0.25) is 4.31 Å². The van der Waals surface area contributed by atoms with Crippen molar-refractivity contribution >= 4 is 43.0 Å². The zero-order chi connectivity index (χ0) is 29.6. The second-order valence-corrected chi connectivity index (χ2v) is 13.2. The SMILES string of the molecule is CS(=O)(=O)C(O)CCN(c1ccc(NC(=O)Nc2ccccc2)cc1)S(=O)(=O)c1cccc(-c2ccc(F)cc2)c1. The summed E-state index contributed by atoms with van der Waals surface area (Å²) >= 11 is 0. The van der Waals surface area contributed by atoms with Gasteiger partial charge in [0.1, 0.15) is 5.82 Å². The number of rotatable bonds is 10. The molecule has 0 aliphatic rings. The molecule has 0 aliphatic heterocycles. The third kappa shape index (κ3) is 7.69. The predicted molar refractivity (Wildman–Crippen MR) is 157 cm³/mol. The number of urea groups is 1. The van der Waals surface area contributed by atoms with E-state index in [-0.39, 0.29) is 23.5 Å². The zero-order valence-corrected chi connectivity index (χ0v) is 23.6. The van der Waals surface area contributed by atoms with Crippen molar-refractivity contribution in [2.45, 2.75) is 16.8 Å². The Morgan fingerprint density at radius 3 is 2.02 bits per heavy atom. The molecule has 0 heterocycles. The second kappa shape index (κ2) is 12.5. The maximum atomic E-state index is 13.9. The molecule has 1 atom stereocenters. The molecule has 0 spiro atoms. The lowest BCUT2D eigenvalue weighted by molar-refractivity contribution is 0.242. The van der Waals surface area contributed by atoms with Crippen molar-refractivity contribution < 1.29 is 31.1 Å². The Kier molecular flexibility index (Phi) is 9.06. The van der Waals surface area contributed by atoms with Crippen LogP contribution in [0.15, 0.2) is 108 Å². The number of nitrogens with zero attached hydrogens (tertiary/aromatic N) is 1. The number of anilines is 3. The first kappa shape index (κ1) is 29.7. The molecule has 4 aromatic rings. The van der Waals surface area contributed by atoms with Crippen LogP contribution in [0.3, 0.4) is 0 Å². The fourth-order valence-electron chi connectivity index (χ4n) is 3.96. The Morgan fingerprint density at radius 2 is 1.41 bits per heavy atom. The average Bonchev–Trinajstić information content (AvgIpc) is 2.94. The minimum atomic E-state index is -4.26. The van der Waals surface area contributed by atoms with E-state index in [1.807, 2.05) is 6.07 Å². The number of hydrogen-bond acceptors (Lipinski definition) is 6. The van der Waals surface area contributed by atoms with Crippen LogP contribution in [0.4, 0.5) is 26.2 Å². The first-order chi connectivity index (χ1) is 19.4. The number of carbonyl (C=O) groups excluding carboxylic acids is 1. The van der Waals surface area contributed by atoms with E-state index >= 15 is 0 Å². The summed E-state index contributed by atoms with van der Waals surface area (Å²) in [5, 5.41) is 15.4. The Balaban J connectivity index is 1.62. The normalized spacial score (nSPS) is 12.4. The number of amides is 2. The van der Waals surface area contributed by atoms with Crippen LogP contribution in [0, 0.1) is 5.82 Å². The summed E-state index contributed by atoms with van der Waals surface area (Å²) in [6.45, 7) is -0.349. The Labute approximate surface area is 238 Å². The fourth-order valence-corrected chi connectivity index (χ4v) is 6.02. The van der Waals surface area contributed by atoms with Gasteiger partial charge in [-0.05, 0) is 71.8 Å². The molecular formula is C29H28FN3O6S2. The highest BCUT2D eigenvalue weighted by molar-refractivity contribution is 7.93. The third-order valence-electron chi connectivity index (χ3n) is 6.12. The van der Waals surface area contributed by atoms with E-state index in [2.05, 4.69) is 10.6 Å². The van der Waals surface area contributed by atoms with E-state index in [1.54, 1.807) is 36.4 Å². The maximum Gasteiger partial charge on any atom is 0.323 e. The van der Waals surface area contributed by atoms with Crippen molar-refractivity contribution in [3.63, 3.8) is 0 Å². The van der Waals surface area contributed by atoms with Crippen LogP contribution in [0.2, 0.25) is 0 Å². The molecular weight excluding hydrogens is 569 g/mol. The smallest absolute Gasteiger partial charge is 0.323 e. The molecule has 4 rings (SSSR count). The summed E-state index contributed by atoms with van der Waals surface area (Å²) in [5.74, 6) is -0.427. The van der Waals surface area contributed by atoms with Crippen molar-refractivity contribution in [3.05, 3.63) is 109 Å². The van der Waals surface area contributed by atoms with Gasteiger partial charge in [0.05, 0.1) is 10.6 Å². The fraction of sp³-hybridized carbons (Fsp3) is 0.138. The highest BCUT2D eigenvalue weighted by atomic mass is 32.2. The number of hydrogen-bond donors (Lipinski definition) is 3. The minimum Gasteiger partial charge on any atom is -0.377 e. The lowest BCUT2D eigenvalue weighted by Gasteiger charge is -2.26. The monoisotopic (exact) mass is 597 g/mol. The molecule has 1 unspecified atom stereocenters. The highest BCUT2D eigenvalue weighted by Gasteiger charge is 2.28. The van der Waals surface area contributed by atoms with E-state index in [4.69, 9.17) is 0 Å². The summed E-state index contributed by atoms with van der Waals surface area (Å²) in [7, 11) is -8.09. The quantitative estimate of drug-likeness (QED) is 0.233. The van der Waals surface area contributed by atoms with E-state index in [0.29, 0.717) is 22.5 Å². The molecule has 41 heavy (non-hydrogen) atoms. The summed E-state index contributed by atoms with van der Waals surface area (Å²) in [4.78, 5) is 12.3. The number of benzene rings is 4. The van der Waals surface area contributed by atoms with Gasteiger partial charge in [-0.2, -0.15) is 0 Å². The summed E-state index contributed by atoms with van der Waals surface area (Å²) in [5.41, 5.74) is 0.526. The Morgan fingerprint density at radius 1 is 0.805 bits per heavy atom. The van der Waals surface area contributed by atoms with Crippen LogP contribution in [0.25, 0.3) is 11.1 Å². The number of sulfone groups is 1. The number of carbonyl (C=O) groups is 1. The van der Waals surface area contributed by atoms with Gasteiger partial charge in [0.2, 0.25) is 0 Å². The maximum absolute atomic E-state index is 13.9. The molecule has 0 bridgehead atoms. The predicted octanol–water partition coefficient (Wildman–Crippen LogP) is 5.09. The van der Waals surface area contributed by atoms with Gasteiger partial charge in [-0.25, -0.2) is 26.0 Å². The van der Waals surface area contributed by atoms with E-state index in [1.165, 1.54) is 60.7 Å². The largest absolute Gasteiger partial charge is 0.377 e. The van der Waals surface area contributed by atoms with Crippen molar-refractivity contribution in [1.29, 1.82) is 0 Å². The topological polar surface area (TPSA) is 133 Å². The van der Waals surface area contributed by atoms with Gasteiger partial charge in [0.15, 0.2) is 15.3 Å². The van der Waals surface area contributed by atoms with Crippen LogP contribution in [0.5, 0.6) is 0 Å². The molecule has 0 radical (unpaired) electrons. The summed E-state index contributed by atoms with van der Waals surface area (Å²) in [6.07, 6.45) is 0.485. The van der Waals surface area contributed by atoms with E-state index in [0.717, 1.165) is 10.6 Å². The van der Waals surface area contributed by atoms with Gasteiger partial charge < -0.3 is 15.7 Å². The molecule has 0 saturated carbocycles. The van der Waals surface area contributed by atoms with Gasteiger partial charge >= 0.3 is 6.03 Å². The molecule has 4 aromatic carbocycles. The number of aliphatic hydroxyl groups excluding tert-OH is 1. The van der Waals surface area contributed by atoms with E-state index < -0.39 is 37.1 Å². The summed E-state index contributed by atoms with van der Waals surface area (Å²) < 4.78 is 65.7. The Hall–Kier alpha value is -4.26. The molecule has 2 amide bonds. The minimum absolute atomic E-state index is 0.0855. The molecule has 0 saturated heterocycles. The van der Waals surface area contributed by atoms with Gasteiger partial charge in [-0.15, -0.1) is 0 Å². The van der Waals surface area contributed by atoms with Gasteiger partial charge in [0.25, 0.3) is 10.0 Å². The number of para-hydroxylation sites is 1. The molecule has 9 nitrogen and oxygen atoms in total. The molecule has 12 heteroatoms. The van der Waals surface area contributed by atoms with Crippen molar-refractivity contribution in [1.82, 2.24) is 0 Å². The Bertz CT molecular complexity index is 1710. The standard InChI is InChI=1S/C29H28FN3O6S2/c1-40(36,37)28(34)18-19-33(26-16-14-25(15-17-26)32-29(35)31-24-7-3-2-4-8-24)41(38,39)27-9-5-6-22(20-27)21-10-12-23(30)13-11-21/h2-17,20,28,34H,18-19H2,1H3,(H2,31,32,35). The van der Waals surface area contributed by atoms with E-state index in [9.17, 15) is 31.1 Å². The number of sulfonamides is 1. The van der Waals surface area contributed by atoms with Crippen molar-refractivity contribution in [2.75, 3.05) is 27.7 Å². The van der Waals surface area contributed by atoms with Crippen LogP contribution < -0.4 is 14.9 Å². The lowest BCUT2D eigenvalue weighted by Crippen LogP contribution is -2.35. The van der Waals surface area contributed by atoms with Gasteiger partial charge in [0, 0.05) is 30.6 Å². The third-order valence-corrected chi connectivity index (χ3v) is 9.17. The zero-order valence-electron chi connectivity index (χ0n) is 21.9. The molecule has 0 aromatic heterocycles. The highest BCUT2D eigenvalue weighted by Crippen LogP contribution is 2.29. The molecule has 214 valence electrons. The second-order valence-electron chi connectivity index (χ2n) is 9.18. The number of halogens is 1. The average molecular weight is 598 g/mol. The molecule has 3 N–H and O–H groups in total. The van der Waals surface area contributed by atoms with Crippen molar-refractivity contribution in [3.8, 4) is 11.1 Å². The summed E-state index contributed by atoms with van der Waals surface area (Å²) in [6, 6.07) is 25.9. The van der Waals surface area contributed by atoms with Gasteiger partial charge in [-0.1, -0.05) is 42.5 Å². The number of nitrogens with one attached hydrogen (secondary N) is 2. The molecule has 0 fully saturated rings. The van der Waals surface area contributed by atoms with Crippen LogP contribution in [-0.2, 0) is 19.9 Å². The van der Waals surface area contributed by atoms with Crippen LogP contribution in [0.1, 0.15) is 6.42 Å². The van der Waals surface area contributed by atoms with Crippen molar-refractivity contribution in [2.24, 2.45) is 0 Å². The lowest BCUT2D eigenvalue weighted by atomic mass is 10.1. The first-order valence-corrected chi connectivity index (χ1v) is 15.8. The first-order valence-electron chi connectivity index (χ1n) is 12.4. The molecule has 0 aliphatic carbocycles. The number of aliphatic hydroxyl groups is 1. The van der Waals surface area contributed by atoms with Crippen LogP contribution >= 0.6 is 0 Å².